The fraction of sp³-hybridized carbons (Fsp3) is 0.147. The maximum Gasteiger partial charge on any atom is 0.337 e. The molecule has 1 N–H and O–H groups in total. The summed E-state index contributed by atoms with van der Waals surface area (Å²) in [4.78, 5) is 33.2. The summed E-state index contributed by atoms with van der Waals surface area (Å²) in [6.07, 6.45) is 3.20. The van der Waals surface area contributed by atoms with Gasteiger partial charge in [-0.25, -0.2) is 14.2 Å². The monoisotopic (exact) mass is 605 g/mol. The van der Waals surface area contributed by atoms with Gasteiger partial charge in [-0.3, -0.25) is 4.79 Å². The van der Waals surface area contributed by atoms with E-state index in [4.69, 9.17) is 4.74 Å². The Morgan fingerprint density at radius 3 is 2.18 bits per heavy atom. The van der Waals surface area contributed by atoms with E-state index in [1.54, 1.807) is 19.9 Å². The molecular weight excluding hydrogens is 573 g/mol. The van der Waals surface area contributed by atoms with E-state index < -0.39 is 17.3 Å². The molecule has 1 aromatic heterocycles. The molecule has 0 radical (unpaired) electrons. The molecule has 0 bridgehead atoms. The van der Waals surface area contributed by atoms with Crippen LogP contribution in [0.1, 0.15) is 25.0 Å². The number of amidine groups is 1. The molecule has 0 amide bonds. The van der Waals surface area contributed by atoms with E-state index in [0.717, 1.165) is 15.8 Å². The molecule has 11 heteroatoms. The summed E-state index contributed by atoms with van der Waals surface area (Å²) in [5.41, 5.74) is 2.36. The Bertz CT molecular complexity index is 1780. The van der Waals surface area contributed by atoms with Crippen molar-refractivity contribution in [2.45, 2.75) is 26.9 Å². The zero-order chi connectivity index (χ0) is 31.8. The largest absolute Gasteiger partial charge is 0.463 e. The number of rotatable bonds is 10. The maximum atomic E-state index is 13.5. The van der Waals surface area contributed by atoms with Gasteiger partial charge in [0.15, 0.2) is 5.82 Å². The van der Waals surface area contributed by atoms with Crippen LogP contribution in [0.5, 0.6) is 0 Å². The predicted octanol–water partition coefficient (Wildman–Crippen LogP) is 5.45. The number of aliphatic imine (C=N–C) groups is 1. The molecule has 1 aliphatic heterocycles. The van der Waals surface area contributed by atoms with Crippen LogP contribution in [0.3, 0.4) is 0 Å². The Kier molecular flexibility index (Phi) is 9.58. The average Bonchev–Trinajstić information content (AvgIpc) is 3.06. The molecule has 3 aromatic carbocycles. The molecule has 0 unspecified atom stereocenters. The summed E-state index contributed by atoms with van der Waals surface area (Å²) in [5, 5.41) is 13.0. The minimum absolute atomic E-state index is 0.162. The number of halogens is 1. The summed E-state index contributed by atoms with van der Waals surface area (Å²) in [7, 11) is 0. The summed E-state index contributed by atoms with van der Waals surface area (Å²) in [6, 6.07) is 26.8. The van der Waals surface area contributed by atoms with Crippen molar-refractivity contribution in [3.8, 4) is 5.69 Å². The first kappa shape index (κ1) is 30.6. The first-order valence-corrected chi connectivity index (χ1v) is 14.3. The Morgan fingerprint density at radius 2 is 1.60 bits per heavy atom. The molecule has 228 valence electrons. The van der Waals surface area contributed by atoms with Crippen LogP contribution in [0, 0.1) is 5.82 Å². The summed E-state index contributed by atoms with van der Waals surface area (Å²) in [5.74, 6) is 0.0150. The van der Waals surface area contributed by atoms with Crippen molar-refractivity contribution < 1.29 is 13.9 Å². The molecule has 10 nitrogen and oxygen atoms in total. The SMILES string of the molecule is C=NN1C(N(Cc2ccccc2)Cc2ccccc2)=CC(Nc2ccnn(-c3ccc(F)cc3)c2=O)=N/C1=C(/C)C(=O)OCC. The lowest BCUT2D eigenvalue weighted by atomic mass is 10.1. The maximum absolute atomic E-state index is 13.5. The van der Waals surface area contributed by atoms with Crippen LogP contribution in [0.25, 0.3) is 5.69 Å². The highest BCUT2D eigenvalue weighted by atomic mass is 19.1. The number of hydrogen-bond acceptors (Lipinski definition) is 9. The number of carbonyl (C=O) groups is 1. The van der Waals surface area contributed by atoms with Crippen molar-refractivity contribution in [3.63, 3.8) is 0 Å². The van der Waals surface area contributed by atoms with Gasteiger partial charge < -0.3 is 15.0 Å². The van der Waals surface area contributed by atoms with Gasteiger partial charge in [-0.1, -0.05) is 60.7 Å². The first-order valence-electron chi connectivity index (χ1n) is 14.3. The highest BCUT2D eigenvalue weighted by Gasteiger charge is 2.29. The van der Waals surface area contributed by atoms with Gasteiger partial charge in [-0.05, 0) is 55.3 Å². The number of nitrogens with zero attached hydrogens (tertiary/aromatic N) is 6. The number of nitrogens with one attached hydrogen (secondary N) is 1. The molecule has 5 rings (SSSR count). The Hall–Kier alpha value is -5.84. The molecule has 0 saturated heterocycles. The number of anilines is 1. The van der Waals surface area contributed by atoms with Gasteiger partial charge >= 0.3 is 5.97 Å². The molecule has 4 aromatic rings. The number of aromatic nitrogens is 2. The van der Waals surface area contributed by atoms with Crippen molar-refractivity contribution in [3.05, 3.63) is 148 Å². The predicted molar refractivity (Wildman–Crippen MR) is 172 cm³/mol. The minimum Gasteiger partial charge on any atom is -0.463 e. The fourth-order valence-electron chi connectivity index (χ4n) is 4.72. The van der Waals surface area contributed by atoms with Crippen LogP contribution in [-0.4, -0.2) is 44.8 Å². The second-order valence-electron chi connectivity index (χ2n) is 10.0. The van der Waals surface area contributed by atoms with Gasteiger partial charge in [0.1, 0.15) is 23.2 Å². The molecule has 1 aliphatic rings. The van der Waals surface area contributed by atoms with Gasteiger partial charge in [0.2, 0.25) is 0 Å². The zero-order valence-corrected chi connectivity index (χ0v) is 24.9. The van der Waals surface area contributed by atoms with E-state index in [-0.39, 0.29) is 29.5 Å². The quantitative estimate of drug-likeness (QED) is 0.146. The standard InChI is InChI=1S/C34H32FN7O3/c1-4-45-34(44)24(2)32-39-30(38-29-19-20-37-41(33(29)43)28-17-15-27(35)16-18-28)21-31(42(32)36-3)40(22-25-11-7-5-8-12-25)23-26-13-9-6-10-14-26/h5-21H,3-4,22-23H2,1-2H3,(H,38,39)/b32-24+. The number of carbonyl (C=O) groups excluding carboxylic acids is 1. The lowest BCUT2D eigenvalue weighted by Gasteiger charge is -2.35. The van der Waals surface area contributed by atoms with Crippen molar-refractivity contribution in [2.75, 3.05) is 11.9 Å². The Morgan fingerprint density at radius 1 is 0.978 bits per heavy atom. The lowest BCUT2D eigenvalue weighted by molar-refractivity contribution is -0.138. The molecule has 0 spiro atoms. The molecule has 45 heavy (non-hydrogen) atoms. The fourth-order valence-corrected chi connectivity index (χ4v) is 4.72. The van der Waals surface area contributed by atoms with Crippen LogP contribution < -0.4 is 10.9 Å². The van der Waals surface area contributed by atoms with Gasteiger partial charge in [-0.15, -0.1) is 0 Å². The van der Waals surface area contributed by atoms with Gasteiger partial charge in [0.05, 0.1) is 24.1 Å². The summed E-state index contributed by atoms with van der Waals surface area (Å²) < 4.78 is 20.0. The van der Waals surface area contributed by atoms with Gasteiger partial charge in [0.25, 0.3) is 5.56 Å². The normalized spacial score (nSPS) is 13.8. The lowest BCUT2D eigenvalue weighted by Crippen LogP contribution is -2.37. The van der Waals surface area contributed by atoms with E-state index in [9.17, 15) is 14.0 Å². The highest BCUT2D eigenvalue weighted by Crippen LogP contribution is 2.29. The van der Waals surface area contributed by atoms with Gasteiger partial charge in [-0.2, -0.15) is 19.9 Å². The molecule has 2 heterocycles. The number of hydrazone groups is 1. The number of ether oxygens (including phenoxy) is 1. The third-order valence-corrected chi connectivity index (χ3v) is 6.90. The van der Waals surface area contributed by atoms with E-state index in [1.165, 1.54) is 41.5 Å². The number of hydrogen-bond donors (Lipinski definition) is 1. The number of benzene rings is 3. The Balaban J connectivity index is 1.62. The van der Waals surface area contributed by atoms with E-state index in [1.807, 2.05) is 60.7 Å². The van der Waals surface area contributed by atoms with Crippen molar-refractivity contribution in [1.82, 2.24) is 19.7 Å². The van der Waals surface area contributed by atoms with Gasteiger partial charge in [0, 0.05) is 25.9 Å². The minimum atomic E-state index is -0.564. The topological polar surface area (TPSA) is 104 Å². The smallest absolute Gasteiger partial charge is 0.337 e. The van der Waals surface area contributed by atoms with Crippen LogP contribution in [0.4, 0.5) is 10.1 Å². The van der Waals surface area contributed by atoms with Crippen molar-refractivity contribution in [2.24, 2.45) is 10.1 Å². The highest BCUT2D eigenvalue weighted by molar-refractivity contribution is 6.05. The van der Waals surface area contributed by atoms with E-state index in [0.29, 0.717) is 24.6 Å². The molecular formula is C34H32FN7O3. The first-order chi connectivity index (χ1) is 21.9. The second kappa shape index (κ2) is 14.1. The Labute approximate surface area is 260 Å². The molecule has 0 atom stereocenters. The van der Waals surface area contributed by atoms with Crippen molar-refractivity contribution >= 4 is 24.2 Å². The third kappa shape index (κ3) is 7.21. The molecule has 0 fully saturated rings. The summed E-state index contributed by atoms with van der Waals surface area (Å²) in [6.45, 7) is 8.26. The van der Waals surface area contributed by atoms with Crippen LogP contribution >= 0.6 is 0 Å². The number of esters is 1. The van der Waals surface area contributed by atoms with Crippen molar-refractivity contribution in [1.29, 1.82) is 0 Å². The molecule has 0 aliphatic carbocycles. The average molecular weight is 606 g/mol. The van der Waals surface area contributed by atoms with Crippen LogP contribution in [0.2, 0.25) is 0 Å². The van der Waals surface area contributed by atoms with Crippen LogP contribution in [-0.2, 0) is 22.6 Å². The summed E-state index contributed by atoms with van der Waals surface area (Å²) >= 11 is 0. The second-order valence-corrected chi connectivity index (χ2v) is 10.0. The van der Waals surface area contributed by atoms with E-state index in [2.05, 4.69) is 32.1 Å². The third-order valence-electron chi connectivity index (χ3n) is 6.90. The zero-order valence-electron chi connectivity index (χ0n) is 24.9. The van der Waals surface area contributed by atoms with E-state index >= 15 is 0 Å². The van der Waals surface area contributed by atoms with Crippen LogP contribution in [0.15, 0.2) is 135 Å². The molecule has 0 saturated carbocycles.